The van der Waals surface area contributed by atoms with Gasteiger partial charge in [0.2, 0.25) is 0 Å². The summed E-state index contributed by atoms with van der Waals surface area (Å²) in [6.45, 7) is 0.494. The van der Waals surface area contributed by atoms with Crippen LogP contribution in [0.25, 0.3) is 0 Å². The Morgan fingerprint density at radius 3 is 2.49 bits per heavy atom. The maximum absolute atomic E-state index is 13.5. The van der Waals surface area contributed by atoms with E-state index in [1.165, 1.54) is 24.3 Å². The summed E-state index contributed by atoms with van der Waals surface area (Å²) < 4.78 is 41.3. The van der Waals surface area contributed by atoms with Crippen LogP contribution >= 0.6 is 0 Å². The van der Waals surface area contributed by atoms with Crippen LogP contribution in [0.4, 0.5) is 18.9 Å². The van der Waals surface area contributed by atoms with Crippen molar-refractivity contribution in [2.24, 2.45) is 0 Å². The Hall–Kier alpha value is -3.62. The van der Waals surface area contributed by atoms with Gasteiger partial charge in [0.15, 0.2) is 0 Å². The second-order valence-corrected chi connectivity index (χ2v) is 8.86. The third-order valence-electron chi connectivity index (χ3n) is 6.44. The molecule has 9 heteroatoms. The molecule has 0 spiro atoms. The van der Waals surface area contributed by atoms with Gasteiger partial charge in [0.05, 0.1) is 17.0 Å². The largest absolute Gasteiger partial charge is 0.416 e. The number of amides is 1. The molecule has 0 aliphatic heterocycles. The van der Waals surface area contributed by atoms with Crippen molar-refractivity contribution in [1.82, 2.24) is 9.47 Å². The number of benzene rings is 2. The van der Waals surface area contributed by atoms with E-state index in [0.717, 1.165) is 49.9 Å². The van der Waals surface area contributed by atoms with E-state index in [0.29, 0.717) is 5.56 Å². The van der Waals surface area contributed by atoms with Crippen LogP contribution in [0.2, 0.25) is 0 Å². The number of alkyl halides is 3. The fourth-order valence-corrected chi connectivity index (χ4v) is 4.64. The third-order valence-corrected chi connectivity index (χ3v) is 6.44. The summed E-state index contributed by atoms with van der Waals surface area (Å²) in [6.07, 6.45) is 2.14. The average Bonchev–Trinajstić information content (AvgIpc) is 3.28. The molecule has 2 aromatic carbocycles. The van der Waals surface area contributed by atoms with Gasteiger partial charge in [-0.3, -0.25) is 14.9 Å². The molecule has 3 aromatic rings. The Morgan fingerprint density at radius 1 is 1.03 bits per heavy atom. The van der Waals surface area contributed by atoms with Crippen LogP contribution in [-0.2, 0) is 19.3 Å². The number of nitrogens with zero attached hydrogens (tertiary/aromatic N) is 3. The second-order valence-electron chi connectivity index (χ2n) is 8.86. The number of carbonyl (C=O) groups is 1. The molecule has 1 saturated carbocycles. The minimum Gasteiger partial charge on any atom is -0.345 e. The van der Waals surface area contributed by atoms with Crippen molar-refractivity contribution in [2.75, 3.05) is 0 Å². The van der Waals surface area contributed by atoms with Gasteiger partial charge in [-0.05, 0) is 48.7 Å². The molecular formula is C26H26F3N3O3. The van der Waals surface area contributed by atoms with Crippen LogP contribution < -0.4 is 0 Å². The Balaban J connectivity index is 1.60. The second kappa shape index (κ2) is 10.3. The Labute approximate surface area is 201 Å². The van der Waals surface area contributed by atoms with Crippen molar-refractivity contribution in [2.45, 2.75) is 57.4 Å². The molecular weight excluding hydrogens is 459 g/mol. The van der Waals surface area contributed by atoms with Crippen LogP contribution in [0.15, 0.2) is 66.9 Å². The van der Waals surface area contributed by atoms with Gasteiger partial charge in [0.25, 0.3) is 11.6 Å². The molecule has 1 aliphatic rings. The molecule has 4 rings (SSSR count). The van der Waals surface area contributed by atoms with E-state index in [2.05, 4.69) is 0 Å². The summed E-state index contributed by atoms with van der Waals surface area (Å²) in [4.78, 5) is 26.0. The normalized spacial score (nSPS) is 14.6. The van der Waals surface area contributed by atoms with E-state index in [1.807, 2.05) is 10.6 Å². The number of rotatable bonds is 7. The number of nitro groups is 1. The van der Waals surface area contributed by atoms with Crippen molar-refractivity contribution in [3.8, 4) is 0 Å². The molecule has 0 radical (unpaired) electrons. The van der Waals surface area contributed by atoms with Gasteiger partial charge in [-0.15, -0.1) is 0 Å². The summed E-state index contributed by atoms with van der Waals surface area (Å²) in [5.74, 6) is -0.285. The van der Waals surface area contributed by atoms with Crippen LogP contribution in [0, 0.1) is 10.1 Å². The van der Waals surface area contributed by atoms with E-state index in [-0.39, 0.29) is 36.3 Å². The summed E-state index contributed by atoms with van der Waals surface area (Å²) in [5, 5.41) is 11.2. The smallest absolute Gasteiger partial charge is 0.345 e. The van der Waals surface area contributed by atoms with E-state index < -0.39 is 16.7 Å². The minimum absolute atomic E-state index is 0.00702. The van der Waals surface area contributed by atoms with Crippen molar-refractivity contribution in [3.63, 3.8) is 0 Å². The molecule has 1 aromatic heterocycles. The van der Waals surface area contributed by atoms with E-state index >= 15 is 0 Å². The highest BCUT2D eigenvalue weighted by atomic mass is 19.4. The molecule has 35 heavy (non-hydrogen) atoms. The molecule has 0 unspecified atom stereocenters. The molecule has 6 nitrogen and oxygen atoms in total. The standard InChI is InChI=1S/C26H26F3N3O3/c27-26(28,29)21-9-4-7-19(15-21)17-30-14-6-13-24(30)18-31(22-10-2-1-3-11-22)25(33)20-8-5-12-23(16-20)32(34)35/h4-9,12-16,22H,1-3,10-11,17-18H2. The maximum Gasteiger partial charge on any atom is 0.416 e. The minimum atomic E-state index is -4.42. The number of hydrogen-bond donors (Lipinski definition) is 0. The topological polar surface area (TPSA) is 68.4 Å². The van der Waals surface area contributed by atoms with Gasteiger partial charge in [0, 0.05) is 42.2 Å². The zero-order valence-electron chi connectivity index (χ0n) is 19.1. The number of carbonyl (C=O) groups excluding carboxylic acids is 1. The maximum atomic E-state index is 13.5. The van der Waals surface area contributed by atoms with Crippen LogP contribution in [0.3, 0.4) is 0 Å². The molecule has 1 heterocycles. The first kappa shape index (κ1) is 24.5. The molecule has 184 valence electrons. The van der Waals surface area contributed by atoms with Gasteiger partial charge in [-0.25, -0.2) is 0 Å². The van der Waals surface area contributed by atoms with Gasteiger partial charge in [-0.1, -0.05) is 37.5 Å². The highest BCUT2D eigenvalue weighted by molar-refractivity contribution is 5.95. The zero-order chi connectivity index (χ0) is 25.0. The van der Waals surface area contributed by atoms with Crippen molar-refractivity contribution in [3.05, 3.63) is 99.4 Å². The van der Waals surface area contributed by atoms with E-state index in [4.69, 9.17) is 0 Å². The Morgan fingerprint density at radius 2 is 1.77 bits per heavy atom. The molecule has 1 fully saturated rings. The number of aromatic nitrogens is 1. The lowest BCUT2D eigenvalue weighted by atomic mass is 9.93. The predicted octanol–water partition coefficient (Wildman–Crippen LogP) is 6.44. The average molecular weight is 486 g/mol. The van der Waals surface area contributed by atoms with Crippen molar-refractivity contribution in [1.29, 1.82) is 0 Å². The van der Waals surface area contributed by atoms with E-state index in [9.17, 15) is 28.1 Å². The van der Waals surface area contributed by atoms with Crippen LogP contribution in [0.5, 0.6) is 0 Å². The number of nitro benzene ring substituents is 1. The van der Waals surface area contributed by atoms with Crippen molar-refractivity contribution >= 4 is 11.6 Å². The molecule has 1 amide bonds. The molecule has 0 N–H and O–H groups in total. The lowest BCUT2D eigenvalue weighted by Gasteiger charge is -2.35. The summed E-state index contributed by atoms with van der Waals surface area (Å²) in [7, 11) is 0. The quantitative estimate of drug-likeness (QED) is 0.286. The first-order chi connectivity index (χ1) is 16.7. The number of non-ortho nitro benzene ring substituents is 1. The first-order valence-corrected chi connectivity index (χ1v) is 11.6. The zero-order valence-corrected chi connectivity index (χ0v) is 19.1. The predicted molar refractivity (Wildman–Crippen MR) is 125 cm³/mol. The highest BCUT2D eigenvalue weighted by Gasteiger charge is 2.31. The van der Waals surface area contributed by atoms with Gasteiger partial charge in [0.1, 0.15) is 0 Å². The fraction of sp³-hybridized carbons (Fsp3) is 0.346. The van der Waals surface area contributed by atoms with Gasteiger partial charge in [-0.2, -0.15) is 13.2 Å². The van der Waals surface area contributed by atoms with Gasteiger partial charge < -0.3 is 9.47 Å². The van der Waals surface area contributed by atoms with E-state index in [1.54, 1.807) is 29.3 Å². The summed E-state index contributed by atoms with van der Waals surface area (Å²) in [5.41, 5.74) is 0.694. The number of hydrogen-bond acceptors (Lipinski definition) is 3. The first-order valence-electron chi connectivity index (χ1n) is 11.6. The third kappa shape index (κ3) is 5.90. The monoisotopic (exact) mass is 485 g/mol. The van der Waals surface area contributed by atoms with Gasteiger partial charge >= 0.3 is 6.18 Å². The SMILES string of the molecule is O=C(c1cccc([N+](=O)[O-])c1)N(Cc1cccn1Cc1cccc(C(F)(F)F)c1)C1CCCCC1. The summed E-state index contributed by atoms with van der Waals surface area (Å²) in [6, 6.07) is 14.6. The molecule has 0 atom stereocenters. The highest BCUT2D eigenvalue weighted by Crippen LogP contribution is 2.30. The number of halogens is 3. The fourth-order valence-electron chi connectivity index (χ4n) is 4.64. The lowest BCUT2D eigenvalue weighted by molar-refractivity contribution is -0.384. The van der Waals surface area contributed by atoms with Crippen LogP contribution in [-0.4, -0.2) is 26.3 Å². The molecule has 0 bridgehead atoms. The lowest BCUT2D eigenvalue weighted by Crippen LogP contribution is -2.41. The molecule has 1 aliphatic carbocycles. The Kier molecular flexibility index (Phi) is 7.23. The summed E-state index contributed by atoms with van der Waals surface area (Å²) >= 11 is 0. The molecule has 0 saturated heterocycles. The van der Waals surface area contributed by atoms with Crippen LogP contribution in [0.1, 0.15) is 59.3 Å². The van der Waals surface area contributed by atoms with Crippen molar-refractivity contribution < 1.29 is 22.9 Å². The Bertz CT molecular complexity index is 1200.